The molecule has 1 aliphatic carbocycles. The van der Waals surface area contributed by atoms with Gasteiger partial charge in [-0.15, -0.1) is 0 Å². The van der Waals surface area contributed by atoms with Crippen LogP contribution in [0.5, 0.6) is 0 Å². The van der Waals surface area contributed by atoms with Crippen molar-refractivity contribution in [3.8, 4) is 0 Å². The summed E-state index contributed by atoms with van der Waals surface area (Å²) in [5.41, 5.74) is 9.47. The lowest BCUT2D eigenvalue weighted by Crippen LogP contribution is -2.41. The van der Waals surface area contributed by atoms with E-state index in [1.54, 1.807) is 12.4 Å². The molecule has 2 aromatic heterocycles. The van der Waals surface area contributed by atoms with Crippen molar-refractivity contribution in [1.82, 2.24) is 20.1 Å². The maximum Gasteiger partial charge on any atom is 0.108 e. The zero-order valence-corrected chi connectivity index (χ0v) is 14.6. The minimum Gasteiger partial charge on any atom is -0.404 e. The van der Waals surface area contributed by atoms with E-state index < -0.39 is 0 Å². The van der Waals surface area contributed by atoms with E-state index in [2.05, 4.69) is 20.1 Å². The van der Waals surface area contributed by atoms with Crippen molar-refractivity contribution >= 4 is 22.8 Å². The maximum atomic E-state index is 5.83. The van der Waals surface area contributed by atoms with Gasteiger partial charge in [-0.25, -0.2) is 0 Å². The van der Waals surface area contributed by atoms with Crippen LogP contribution < -0.4 is 5.73 Å². The molecular formula is C19H26N6. The molecule has 0 atom stereocenters. The van der Waals surface area contributed by atoms with Gasteiger partial charge in [0.25, 0.3) is 0 Å². The second kappa shape index (κ2) is 7.35. The summed E-state index contributed by atoms with van der Waals surface area (Å²) < 4.78 is 0. The quantitative estimate of drug-likeness (QED) is 0.840. The van der Waals surface area contributed by atoms with Crippen molar-refractivity contribution in [2.45, 2.75) is 50.6 Å². The molecule has 0 unspecified atom stereocenters. The normalized spacial score (nSPS) is 21.7. The van der Waals surface area contributed by atoms with Gasteiger partial charge in [0.05, 0.1) is 17.8 Å². The molecule has 0 aromatic carbocycles. The van der Waals surface area contributed by atoms with Crippen molar-refractivity contribution in [2.75, 3.05) is 13.1 Å². The predicted octanol–water partition coefficient (Wildman–Crippen LogP) is 2.74. The lowest BCUT2D eigenvalue weighted by molar-refractivity contribution is 0.155. The highest BCUT2D eigenvalue weighted by Crippen LogP contribution is 2.27. The summed E-state index contributed by atoms with van der Waals surface area (Å²) in [5.74, 6) is 0. The van der Waals surface area contributed by atoms with E-state index >= 15 is 0 Å². The van der Waals surface area contributed by atoms with Gasteiger partial charge in [-0.05, 0) is 31.7 Å². The average molecular weight is 338 g/mol. The molecule has 2 aliphatic rings. The molecule has 0 bridgehead atoms. The molecule has 3 heterocycles. The molecule has 2 fully saturated rings. The number of likely N-dealkylation sites (tertiary alicyclic amines) is 1. The van der Waals surface area contributed by atoms with Crippen molar-refractivity contribution in [3.63, 3.8) is 0 Å². The van der Waals surface area contributed by atoms with Crippen molar-refractivity contribution < 1.29 is 0 Å². The van der Waals surface area contributed by atoms with E-state index in [1.165, 1.54) is 38.8 Å². The van der Waals surface area contributed by atoms with Gasteiger partial charge >= 0.3 is 0 Å². The first-order valence-electron chi connectivity index (χ1n) is 9.32. The largest absolute Gasteiger partial charge is 0.404 e. The third kappa shape index (κ3) is 3.58. The van der Waals surface area contributed by atoms with E-state index in [0.29, 0.717) is 6.04 Å². The molecule has 2 aromatic rings. The number of hydrogen-bond acceptors (Lipinski definition) is 5. The highest BCUT2D eigenvalue weighted by Gasteiger charge is 2.26. The number of nitrogens with zero attached hydrogens (tertiary/aromatic N) is 4. The molecule has 1 saturated heterocycles. The number of fused-ring (bicyclic) bond motifs is 1. The molecule has 6 nitrogen and oxygen atoms in total. The minimum absolute atomic E-state index is 0.399. The van der Waals surface area contributed by atoms with Crippen molar-refractivity contribution in [2.24, 2.45) is 10.7 Å². The van der Waals surface area contributed by atoms with E-state index in [9.17, 15) is 0 Å². The van der Waals surface area contributed by atoms with Gasteiger partial charge in [-0.1, -0.05) is 12.8 Å². The molecule has 6 heteroatoms. The first-order chi connectivity index (χ1) is 12.3. The topological polar surface area (TPSA) is 83.2 Å². The molecule has 0 amide bonds. The minimum atomic E-state index is 0.399. The van der Waals surface area contributed by atoms with Crippen molar-refractivity contribution in [1.29, 1.82) is 0 Å². The van der Waals surface area contributed by atoms with E-state index in [1.807, 2.05) is 18.5 Å². The number of allylic oxidation sites excluding steroid dienone is 1. The third-order valence-corrected chi connectivity index (χ3v) is 5.57. The molecule has 4 rings (SSSR count). The Hall–Kier alpha value is -2.21. The summed E-state index contributed by atoms with van der Waals surface area (Å²) in [5, 5.41) is 6.96. The number of rotatable bonds is 4. The summed E-state index contributed by atoms with van der Waals surface area (Å²) in [7, 11) is 0. The molecule has 25 heavy (non-hydrogen) atoms. The number of hydrogen-bond donors (Lipinski definition) is 2. The number of pyridine rings is 1. The fourth-order valence-corrected chi connectivity index (χ4v) is 4.06. The van der Waals surface area contributed by atoms with E-state index in [0.717, 1.165) is 41.1 Å². The number of aliphatic imine (C=N–C) groups is 1. The second-order valence-corrected chi connectivity index (χ2v) is 7.13. The van der Waals surface area contributed by atoms with Crippen LogP contribution in [0.3, 0.4) is 0 Å². The first-order valence-corrected chi connectivity index (χ1v) is 9.32. The SMILES string of the molecule is NC=C(C=NC1CCN(C2CCCC2)CC1)c1cnc2cn[nH]c2c1. The summed E-state index contributed by atoms with van der Waals surface area (Å²) in [6, 6.07) is 3.25. The average Bonchev–Trinajstić information content (AvgIpc) is 3.34. The van der Waals surface area contributed by atoms with Crippen LogP contribution in [0.15, 0.2) is 29.7 Å². The number of piperidine rings is 1. The van der Waals surface area contributed by atoms with Gasteiger partial charge < -0.3 is 10.6 Å². The van der Waals surface area contributed by atoms with Gasteiger partial charge in [0.2, 0.25) is 0 Å². The number of aromatic amines is 1. The van der Waals surface area contributed by atoms with Crippen LogP contribution >= 0.6 is 0 Å². The number of nitrogens with two attached hydrogens (primary N) is 1. The van der Waals surface area contributed by atoms with Crippen molar-refractivity contribution in [3.05, 3.63) is 30.2 Å². The molecular weight excluding hydrogens is 312 g/mol. The number of nitrogens with one attached hydrogen (secondary N) is 1. The highest BCUT2D eigenvalue weighted by molar-refractivity contribution is 6.10. The number of aromatic nitrogens is 3. The second-order valence-electron chi connectivity index (χ2n) is 7.13. The Morgan fingerprint density at radius 3 is 2.76 bits per heavy atom. The Bertz CT molecular complexity index is 763. The molecule has 1 aliphatic heterocycles. The molecule has 1 saturated carbocycles. The Kier molecular flexibility index (Phi) is 4.78. The smallest absolute Gasteiger partial charge is 0.108 e. The summed E-state index contributed by atoms with van der Waals surface area (Å²) >= 11 is 0. The zero-order valence-electron chi connectivity index (χ0n) is 14.6. The lowest BCUT2D eigenvalue weighted by Gasteiger charge is -2.34. The van der Waals surface area contributed by atoms with Crippen LogP contribution in [0.25, 0.3) is 16.6 Å². The fraction of sp³-hybridized carbons (Fsp3) is 0.526. The van der Waals surface area contributed by atoms with Gasteiger partial charge in [0, 0.05) is 48.9 Å². The Balaban J connectivity index is 1.38. The van der Waals surface area contributed by atoms with Crippen LogP contribution in [-0.2, 0) is 0 Å². The van der Waals surface area contributed by atoms with Crippen LogP contribution in [0.2, 0.25) is 0 Å². The van der Waals surface area contributed by atoms with Crippen LogP contribution in [0.4, 0.5) is 0 Å². The van der Waals surface area contributed by atoms with Crippen LogP contribution in [0, 0.1) is 0 Å². The van der Waals surface area contributed by atoms with Crippen LogP contribution in [-0.4, -0.2) is 51.5 Å². The molecule has 0 radical (unpaired) electrons. The Labute approximate surface area is 148 Å². The first kappa shape index (κ1) is 16.3. The summed E-state index contributed by atoms with van der Waals surface area (Å²) in [6.07, 6.45) is 14.9. The van der Waals surface area contributed by atoms with E-state index in [-0.39, 0.29) is 0 Å². The lowest BCUT2D eigenvalue weighted by atomic mass is 10.0. The molecule has 132 valence electrons. The monoisotopic (exact) mass is 338 g/mol. The molecule has 0 spiro atoms. The standard InChI is InChI=1S/C19H26N6/c20-10-15(14-9-18-19(22-11-14)13-23-24-18)12-21-16-5-7-25(8-6-16)17-3-1-2-4-17/h9-13,16-17H,1-8,20H2,(H,23,24). The summed E-state index contributed by atoms with van der Waals surface area (Å²) in [4.78, 5) is 11.9. The fourth-order valence-electron chi connectivity index (χ4n) is 4.06. The molecule has 3 N–H and O–H groups in total. The zero-order chi connectivity index (χ0) is 17.1. The predicted molar refractivity (Wildman–Crippen MR) is 101 cm³/mol. The Morgan fingerprint density at radius 2 is 2.00 bits per heavy atom. The van der Waals surface area contributed by atoms with Gasteiger partial charge in [-0.3, -0.25) is 15.1 Å². The highest BCUT2D eigenvalue weighted by atomic mass is 15.2. The van der Waals surface area contributed by atoms with Gasteiger partial charge in [0.15, 0.2) is 0 Å². The summed E-state index contributed by atoms with van der Waals surface area (Å²) in [6.45, 7) is 2.35. The third-order valence-electron chi connectivity index (χ3n) is 5.57. The number of H-pyrrole nitrogens is 1. The van der Waals surface area contributed by atoms with Gasteiger partial charge in [0.1, 0.15) is 5.52 Å². The van der Waals surface area contributed by atoms with Crippen LogP contribution in [0.1, 0.15) is 44.1 Å². The van der Waals surface area contributed by atoms with E-state index in [4.69, 9.17) is 10.7 Å². The Morgan fingerprint density at radius 1 is 1.20 bits per heavy atom. The maximum absolute atomic E-state index is 5.83. The van der Waals surface area contributed by atoms with Gasteiger partial charge in [-0.2, -0.15) is 5.10 Å².